The van der Waals surface area contributed by atoms with Crippen molar-refractivity contribution in [2.45, 2.75) is 44.6 Å². The van der Waals surface area contributed by atoms with Crippen LogP contribution in [0.4, 0.5) is 4.39 Å². The fraction of sp³-hybridized carbons (Fsp3) is 0.421. The van der Waals surface area contributed by atoms with Crippen LogP contribution < -0.4 is 9.46 Å². The third kappa shape index (κ3) is 3.51. The van der Waals surface area contributed by atoms with Crippen LogP contribution in [0.3, 0.4) is 0 Å². The van der Waals surface area contributed by atoms with Gasteiger partial charge in [-0.1, -0.05) is 0 Å². The molecule has 26 heavy (non-hydrogen) atoms. The van der Waals surface area contributed by atoms with E-state index < -0.39 is 21.3 Å². The van der Waals surface area contributed by atoms with Crippen LogP contribution in [0.1, 0.15) is 39.0 Å². The molecule has 140 valence electrons. The molecule has 1 aliphatic heterocycles. The highest BCUT2D eigenvalue weighted by molar-refractivity contribution is 7.84. The van der Waals surface area contributed by atoms with Crippen molar-refractivity contribution in [2.24, 2.45) is 0 Å². The summed E-state index contributed by atoms with van der Waals surface area (Å²) in [4.78, 5) is 4.46. The summed E-state index contributed by atoms with van der Waals surface area (Å²) in [6.45, 7) is 7.65. The minimum Gasteiger partial charge on any atom is -0.489 e. The lowest BCUT2D eigenvalue weighted by molar-refractivity contribution is 0.269. The number of pyridine rings is 1. The summed E-state index contributed by atoms with van der Waals surface area (Å²) in [6, 6.07) is 7.73. The van der Waals surface area contributed by atoms with Gasteiger partial charge in [0.25, 0.3) is 0 Å². The first-order valence-corrected chi connectivity index (χ1v) is 9.53. The number of benzene rings is 1. The largest absolute Gasteiger partial charge is 0.489 e. The predicted octanol–water partition coefficient (Wildman–Crippen LogP) is 3.04. The van der Waals surface area contributed by atoms with Gasteiger partial charge in [0.05, 0.1) is 33.6 Å². The third-order valence-electron chi connectivity index (χ3n) is 4.28. The Kier molecular flexibility index (Phi) is 4.90. The van der Waals surface area contributed by atoms with Gasteiger partial charge >= 0.3 is 0 Å². The first-order valence-electron chi connectivity index (χ1n) is 8.38. The van der Waals surface area contributed by atoms with Gasteiger partial charge in [-0.25, -0.2) is 18.3 Å². The fourth-order valence-corrected chi connectivity index (χ4v) is 3.65. The molecule has 2 unspecified atom stereocenters. The van der Waals surface area contributed by atoms with Gasteiger partial charge in [0.1, 0.15) is 18.1 Å². The summed E-state index contributed by atoms with van der Waals surface area (Å²) in [5, 5.41) is 9.62. The second-order valence-electron chi connectivity index (χ2n) is 7.61. The Morgan fingerprint density at radius 1 is 1.35 bits per heavy atom. The fourth-order valence-electron chi connectivity index (χ4n) is 2.76. The average molecular weight is 378 g/mol. The topological polar surface area (TPSA) is 71.5 Å². The molecule has 3 rings (SSSR count). The third-order valence-corrected chi connectivity index (χ3v) is 6.03. The number of nitrogens with one attached hydrogen (secondary N) is 1. The Hall–Kier alpha value is -1.83. The molecule has 2 N–H and O–H groups in total. The van der Waals surface area contributed by atoms with Crippen LogP contribution in [0.2, 0.25) is 0 Å². The Balaban J connectivity index is 2.09. The molecule has 1 aromatic heterocycles. The maximum atomic E-state index is 13.3. The lowest BCUT2D eigenvalue weighted by Gasteiger charge is -2.28. The van der Waals surface area contributed by atoms with E-state index in [9.17, 15) is 13.7 Å². The summed E-state index contributed by atoms with van der Waals surface area (Å²) in [7, 11) is -1.30. The molecule has 0 aliphatic carbocycles. The van der Waals surface area contributed by atoms with E-state index in [4.69, 9.17) is 4.74 Å². The van der Waals surface area contributed by atoms with Crippen molar-refractivity contribution in [3.05, 3.63) is 47.4 Å². The van der Waals surface area contributed by atoms with Crippen molar-refractivity contribution in [1.82, 2.24) is 9.71 Å². The van der Waals surface area contributed by atoms with Crippen LogP contribution in [0.5, 0.6) is 5.75 Å². The number of aliphatic hydroxyl groups excluding tert-OH is 1. The van der Waals surface area contributed by atoms with Crippen molar-refractivity contribution in [1.29, 1.82) is 0 Å². The molecular formula is C19H23FN2O3S. The average Bonchev–Trinajstić information content (AvgIpc) is 2.91. The number of aromatic nitrogens is 1. The van der Waals surface area contributed by atoms with Crippen molar-refractivity contribution >= 4 is 11.0 Å². The van der Waals surface area contributed by atoms with E-state index in [1.165, 1.54) is 12.1 Å². The van der Waals surface area contributed by atoms with Crippen LogP contribution in [0.25, 0.3) is 11.3 Å². The van der Waals surface area contributed by atoms with Gasteiger partial charge < -0.3 is 9.84 Å². The van der Waals surface area contributed by atoms with Gasteiger partial charge in [0.2, 0.25) is 0 Å². The van der Waals surface area contributed by atoms with Gasteiger partial charge in [0.15, 0.2) is 5.75 Å². The number of hydrogen-bond acceptors (Lipinski definition) is 4. The molecule has 2 atom stereocenters. The van der Waals surface area contributed by atoms with Crippen molar-refractivity contribution in [3.63, 3.8) is 0 Å². The molecule has 5 nitrogen and oxygen atoms in total. The molecule has 0 saturated carbocycles. The van der Waals surface area contributed by atoms with E-state index in [2.05, 4.69) is 9.71 Å². The van der Waals surface area contributed by atoms with Crippen molar-refractivity contribution in [3.8, 4) is 17.0 Å². The van der Waals surface area contributed by atoms with Gasteiger partial charge in [-0.3, -0.25) is 0 Å². The number of nitrogens with zero attached hydrogens (tertiary/aromatic N) is 1. The highest BCUT2D eigenvalue weighted by atomic mass is 32.2. The number of fused-ring (bicyclic) bond motifs is 1. The molecule has 2 heterocycles. The number of rotatable bonds is 4. The predicted molar refractivity (Wildman–Crippen MR) is 99.4 cm³/mol. The Morgan fingerprint density at radius 3 is 2.58 bits per heavy atom. The molecule has 1 aromatic carbocycles. The molecule has 1 aliphatic rings. The summed E-state index contributed by atoms with van der Waals surface area (Å²) >= 11 is 0. The molecule has 7 heteroatoms. The molecule has 0 bridgehead atoms. The lowest BCUT2D eigenvalue weighted by atomic mass is 9.94. The standard InChI is InChI=1S/C19H23FN2O3S/c1-18(2,3)26(24)22-19(4)11-25-17-15(19)9-14(10-23)21-16(17)12-5-7-13(20)8-6-12/h5-9,22-23H,10-11H2,1-4H3. The first-order chi connectivity index (χ1) is 12.1. The molecule has 0 amide bonds. The molecule has 0 radical (unpaired) electrons. The van der Waals surface area contributed by atoms with E-state index in [1.807, 2.05) is 27.7 Å². The van der Waals surface area contributed by atoms with Crippen LogP contribution in [0.15, 0.2) is 30.3 Å². The van der Waals surface area contributed by atoms with Crippen LogP contribution in [0, 0.1) is 5.82 Å². The summed E-state index contributed by atoms with van der Waals surface area (Å²) in [5.41, 5.74) is 1.81. The molecule has 2 aromatic rings. The van der Waals surface area contributed by atoms with E-state index in [0.717, 1.165) is 5.56 Å². The lowest BCUT2D eigenvalue weighted by Crippen LogP contribution is -2.47. The highest BCUT2D eigenvalue weighted by Gasteiger charge is 2.41. The van der Waals surface area contributed by atoms with Crippen LogP contribution in [-0.2, 0) is 23.1 Å². The van der Waals surface area contributed by atoms with E-state index in [0.29, 0.717) is 22.7 Å². The van der Waals surface area contributed by atoms with Crippen molar-refractivity contribution < 1.29 is 18.4 Å². The highest BCUT2D eigenvalue weighted by Crippen LogP contribution is 2.43. The first kappa shape index (κ1) is 18.9. The Labute approximate surface area is 155 Å². The van der Waals surface area contributed by atoms with Crippen molar-refractivity contribution in [2.75, 3.05) is 6.61 Å². The smallest absolute Gasteiger partial charge is 0.150 e. The monoisotopic (exact) mass is 378 g/mol. The Bertz CT molecular complexity index is 849. The van der Waals surface area contributed by atoms with E-state index in [-0.39, 0.29) is 19.0 Å². The minimum atomic E-state index is -1.30. The maximum absolute atomic E-state index is 13.3. The van der Waals surface area contributed by atoms with E-state index in [1.54, 1.807) is 18.2 Å². The summed E-state index contributed by atoms with van der Waals surface area (Å²) < 4.78 is 34.5. The van der Waals surface area contributed by atoms with Gasteiger partial charge in [-0.15, -0.1) is 0 Å². The van der Waals surface area contributed by atoms with Gasteiger partial charge in [-0.05, 0) is 58.0 Å². The van der Waals surface area contributed by atoms with Crippen LogP contribution in [-0.4, -0.2) is 25.7 Å². The zero-order chi connectivity index (χ0) is 19.1. The quantitative estimate of drug-likeness (QED) is 0.858. The molecule has 0 spiro atoms. The van der Waals surface area contributed by atoms with E-state index >= 15 is 0 Å². The molecular weight excluding hydrogens is 355 g/mol. The van der Waals surface area contributed by atoms with Gasteiger partial charge in [-0.2, -0.15) is 0 Å². The number of halogens is 1. The second-order valence-corrected chi connectivity index (χ2v) is 9.57. The Morgan fingerprint density at radius 2 is 2.00 bits per heavy atom. The maximum Gasteiger partial charge on any atom is 0.150 e. The minimum absolute atomic E-state index is 0.236. The number of aliphatic hydroxyl groups is 1. The number of hydrogen-bond donors (Lipinski definition) is 2. The second kappa shape index (κ2) is 6.72. The normalized spacial score (nSPS) is 20.5. The number of ether oxygens (including phenoxy) is 1. The van der Waals surface area contributed by atoms with Gasteiger partial charge in [0, 0.05) is 11.1 Å². The van der Waals surface area contributed by atoms with Crippen LogP contribution >= 0.6 is 0 Å². The molecule has 0 saturated heterocycles. The summed E-state index contributed by atoms with van der Waals surface area (Å²) in [5.74, 6) is 0.228. The summed E-state index contributed by atoms with van der Waals surface area (Å²) in [6.07, 6.45) is 0. The zero-order valence-corrected chi connectivity index (χ0v) is 16.1. The zero-order valence-electron chi connectivity index (χ0n) is 15.3. The molecule has 0 fully saturated rings. The SMILES string of the molecule is CC1(NS(=O)C(C)(C)C)COc2c1cc(CO)nc2-c1ccc(F)cc1.